The largest absolute Gasteiger partial charge is 0.495 e. The second kappa shape index (κ2) is 7.63. The van der Waals surface area contributed by atoms with E-state index in [-0.39, 0.29) is 0 Å². The number of anilines is 1. The van der Waals surface area contributed by atoms with E-state index in [9.17, 15) is 0 Å². The van der Waals surface area contributed by atoms with E-state index in [0.717, 1.165) is 31.9 Å². The second-order valence-electron chi connectivity index (χ2n) is 6.69. The number of ether oxygens (including phenoxy) is 1. The molecule has 134 valence electrons. The molecular formula is C20H26ClN3O. The normalized spacial score (nSPS) is 16.8. The van der Waals surface area contributed by atoms with Crippen LogP contribution >= 0.6 is 11.6 Å². The third kappa shape index (κ3) is 3.75. The summed E-state index contributed by atoms with van der Waals surface area (Å²) in [7, 11) is 1.66. The fourth-order valence-electron chi connectivity index (χ4n) is 3.48. The maximum absolute atomic E-state index is 6.14. The summed E-state index contributed by atoms with van der Waals surface area (Å²) in [5.74, 6) is 0.733. The van der Waals surface area contributed by atoms with Gasteiger partial charge in [-0.3, -0.25) is 9.88 Å². The van der Waals surface area contributed by atoms with Crippen molar-refractivity contribution >= 4 is 17.3 Å². The lowest BCUT2D eigenvalue weighted by atomic mass is 10.00. The Bertz CT molecular complexity index is 742. The van der Waals surface area contributed by atoms with E-state index < -0.39 is 0 Å². The average molecular weight is 360 g/mol. The van der Waals surface area contributed by atoms with Crippen molar-refractivity contribution < 1.29 is 4.74 Å². The molecule has 1 saturated heterocycles. The van der Waals surface area contributed by atoms with Crippen molar-refractivity contribution in [3.05, 3.63) is 52.3 Å². The van der Waals surface area contributed by atoms with Gasteiger partial charge in [-0.15, -0.1) is 0 Å². The van der Waals surface area contributed by atoms with Gasteiger partial charge in [-0.2, -0.15) is 0 Å². The molecule has 0 spiro atoms. The van der Waals surface area contributed by atoms with Crippen LogP contribution in [0.3, 0.4) is 0 Å². The number of piperazine rings is 1. The van der Waals surface area contributed by atoms with Crippen molar-refractivity contribution in [3.63, 3.8) is 0 Å². The summed E-state index contributed by atoms with van der Waals surface area (Å²) in [6.07, 6.45) is 3.96. The molecule has 3 rings (SSSR count). The van der Waals surface area contributed by atoms with Gasteiger partial charge >= 0.3 is 0 Å². The SMILES string of the molecule is COc1cc(N2CCN(C(C)c3cncc(C)c3C)CC2)ccc1Cl. The Hall–Kier alpha value is -1.78. The molecule has 1 aliphatic rings. The van der Waals surface area contributed by atoms with E-state index in [1.54, 1.807) is 7.11 Å². The molecule has 1 aromatic heterocycles. The molecule has 4 nitrogen and oxygen atoms in total. The number of hydrogen-bond donors (Lipinski definition) is 0. The van der Waals surface area contributed by atoms with Gasteiger partial charge in [0.15, 0.2) is 0 Å². The Labute approximate surface area is 155 Å². The van der Waals surface area contributed by atoms with Crippen LogP contribution in [0.2, 0.25) is 5.02 Å². The maximum Gasteiger partial charge on any atom is 0.139 e. The van der Waals surface area contributed by atoms with Gasteiger partial charge in [0.25, 0.3) is 0 Å². The highest BCUT2D eigenvalue weighted by atomic mass is 35.5. The minimum absolute atomic E-state index is 0.384. The number of halogens is 1. The van der Waals surface area contributed by atoms with Crippen LogP contribution in [-0.4, -0.2) is 43.2 Å². The first-order valence-corrected chi connectivity index (χ1v) is 9.12. The molecule has 0 saturated carbocycles. The first-order chi connectivity index (χ1) is 12.0. The summed E-state index contributed by atoms with van der Waals surface area (Å²) in [5.41, 5.74) is 5.12. The Morgan fingerprint density at radius 1 is 1.12 bits per heavy atom. The van der Waals surface area contributed by atoms with Crippen molar-refractivity contribution in [2.24, 2.45) is 0 Å². The third-order valence-corrected chi connectivity index (χ3v) is 5.63. The minimum Gasteiger partial charge on any atom is -0.495 e. The predicted molar refractivity (Wildman–Crippen MR) is 104 cm³/mol. The van der Waals surface area contributed by atoms with Gasteiger partial charge in [0, 0.05) is 56.4 Å². The van der Waals surface area contributed by atoms with Crippen LogP contribution in [0.15, 0.2) is 30.6 Å². The van der Waals surface area contributed by atoms with Crippen LogP contribution in [0, 0.1) is 13.8 Å². The molecule has 1 aliphatic heterocycles. The molecule has 5 heteroatoms. The van der Waals surface area contributed by atoms with Crippen LogP contribution in [0.5, 0.6) is 5.75 Å². The fourth-order valence-corrected chi connectivity index (χ4v) is 3.68. The van der Waals surface area contributed by atoms with Gasteiger partial charge < -0.3 is 9.64 Å². The Morgan fingerprint density at radius 2 is 1.84 bits per heavy atom. The van der Waals surface area contributed by atoms with Gasteiger partial charge in [0.05, 0.1) is 12.1 Å². The maximum atomic E-state index is 6.14. The third-order valence-electron chi connectivity index (χ3n) is 5.32. The topological polar surface area (TPSA) is 28.6 Å². The van der Waals surface area contributed by atoms with Crippen LogP contribution in [-0.2, 0) is 0 Å². The summed E-state index contributed by atoms with van der Waals surface area (Å²) in [6, 6.07) is 6.38. The number of methoxy groups -OCH3 is 1. The van der Waals surface area contributed by atoms with Crippen LogP contribution < -0.4 is 9.64 Å². The number of aromatic nitrogens is 1. The molecule has 0 amide bonds. The average Bonchev–Trinajstić information content (AvgIpc) is 2.64. The lowest BCUT2D eigenvalue weighted by molar-refractivity contribution is 0.197. The Balaban J connectivity index is 1.68. The lowest BCUT2D eigenvalue weighted by Gasteiger charge is -2.39. The zero-order valence-corrected chi connectivity index (χ0v) is 16.2. The second-order valence-corrected chi connectivity index (χ2v) is 7.10. The fraction of sp³-hybridized carbons (Fsp3) is 0.450. The van der Waals surface area contributed by atoms with Gasteiger partial charge in [0.2, 0.25) is 0 Å². The lowest BCUT2D eigenvalue weighted by Crippen LogP contribution is -2.47. The number of rotatable bonds is 4. The van der Waals surface area contributed by atoms with Crippen LogP contribution in [0.25, 0.3) is 0 Å². The molecule has 1 unspecified atom stereocenters. The van der Waals surface area contributed by atoms with Crippen molar-refractivity contribution in [1.29, 1.82) is 0 Å². The van der Waals surface area contributed by atoms with Gasteiger partial charge in [-0.1, -0.05) is 11.6 Å². The first kappa shape index (κ1) is 18.0. The highest BCUT2D eigenvalue weighted by Crippen LogP contribution is 2.31. The molecule has 1 fully saturated rings. The number of benzene rings is 1. The number of nitrogens with zero attached hydrogens (tertiary/aromatic N) is 3. The Kier molecular flexibility index (Phi) is 5.50. The number of pyridine rings is 1. The monoisotopic (exact) mass is 359 g/mol. The van der Waals surface area contributed by atoms with E-state index in [1.165, 1.54) is 22.4 Å². The van der Waals surface area contributed by atoms with Gasteiger partial charge in [0.1, 0.15) is 5.75 Å². The minimum atomic E-state index is 0.384. The molecule has 0 N–H and O–H groups in total. The molecular weight excluding hydrogens is 334 g/mol. The smallest absolute Gasteiger partial charge is 0.139 e. The van der Waals surface area contributed by atoms with E-state index in [1.807, 2.05) is 24.5 Å². The van der Waals surface area contributed by atoms with E-state index in [2.05, 4.69) is 41.6 Å². The predicted octanol–water partition coefficient (Wildman–Crippen LogP) is 4.24. The summed E-state index contributed by atoms with van der Waals surface area (Å²) in [4.78, 5) is 9.31. The summed E-state index contributed by atoms with van der Waals surface area (Å²) in [5, 5.41) is 0.654. The van der Waals surface area contributed by atoms with E-state index in [4.69, 9.17) is 16.3 Å². The molecule has 2 aromatic rings. The standard InChI is InChI=1S/C20H26ClN3O/c1-14-12-22-13-18(15(14)2)16(3)23-7-9-24(10-8-23)17-5-6-19(21)20(11-17)25-4/h5-6,11-13,16H,7-10H2,1-4H3. The molecule has 2 heterocycles. The first-order valence-electron chi connectivity index (χ1n) is 8.75. The van der Waals surface area contributed by atoms with Crippen molar-refractivity contribution in [3.8, 4) is 5.75 Å². The van der Waals surface area contributed by atoms with Crippen LogP contribution in [0.4, 0.5) is 5.69 Å². The molecule has 0 radical (unpaired) electrons. The van der Waals surface area contributed by atoms with Crippen molar-refractivity contribution in [2.45, 2.75) is 26.8 Å². The summed E-state index contributed by atoms with van der Waals surface area (Å²) in [6.45, 7) is 10.6. The zero-order valence-electron chi connectivity index (χ0n) is 15.4. The highest BCUT2D eigenvalue weighted by Gasteiger charge is 2.24. The van der Waals surface area contributed by atoms with Gasteiger partial charge in [-0.05, 0) is 49.6 Å². The number of hydrogen-bond acceptors (Lipinski definition) is 4. The Morgan fingerprint density at radius 3 is 2.52 bits per heavy atom. The number of aryl methyl sites for hydroxylation is 1. The molecule has 0 aliphatic carbocycles. The summed E-state index contributed by atoms with van der Waals surface area (Å²) >= 11 is 6.14. The highest BCUT2D eigenvalue weighted by molar-refractivity contribution is 6.32. The zero-order chi connectivity index (χ0) is 18.0. The van der Waals surface area contributed by atoms with Crippen LogP contribution in [0.1, 0.15) is 29.7 Å². The van der Waals surface area contributed by atoms with Crippen molar-refractivity contribution in [2.75, 3.05) is 38.2 Å². The molecule has 1 aromatic carbocycles. The molecule has 1 atom stereocenters. The molecule has 25 heavy (non-hydrogen) atoms. The molecule has 0 bridgehead atoms. The van der Waals surface area contributed by atoms with E-state index in [0.29, 0.717) is 11.1 Å². The quantitative estimate of drug-likeness (QED) is 0.816. The summed E-state index contributed by atoms with van der Waals surface area (Å²) < 4.78 is 5.34. The van der Waals surface area contributed by atoms with E-state index >= 15 is 0 Å². The van der Waals surface area contributed by atoms with Crippen molar-refractivity contribution in [1.82, 2.24) is 9.88 Å². The van der Waals surface area contributed by atoms with Gasteiger partial charge in [-0.25, -0.2) is 0 Å².